The van der Waals surface area contributed by atoms with Crippen molar-refractivity contribution in [2.45, 2.75) is 12.7 Å². The smallest absolute Gasteiger partial charge is 0.352 e. The number of carboxylic acid groups (broad SMARTS) is 1. The molecule has 0 saturated carbocycles. The molecule has 2 N–H and O–H groups in total. The summed E-state index contributed by atoms with van der Waals surface area (Å²) in [5, 5.41) is 11.8. The van der Waals surface area contributed by atoms with E-state index >= 15 is 0 Å². The van der Waals surface area contributed by atoms with Crippen molar-refractivity contribution in [3.8, 4) is 11.3 Å². The van der Waals surface area contributed by atoms with E-state index in [1.165, 1.54) is 0 Å². The first-order valence-electron chi connectivity index (χ1n) is 5.15. The van der Waals surface area contributed by atoms with Crippen LogP contribution in [0.5, 0.6) is 0 Å². The zero-order chi connectivity index (χ0) is 12.3. The van der Waals surface area contributed by atoms with Crippen LogP contribution in [0.1, 0.15) is 22.4 Å². The van der Waals surface area contributed by atoms with Gasteiger partial charge in [0, 0.05) is 22.9 Å². The maximum absolute atomic E-state index is 10.7. The Bertz CT molecular complexity index is 519. The second-order valence-corrected chi connectivity index (χ2v) is 5.59. The van der Waals surface area contributed by atoms with Gasteiger partial charge in [-0.25, -0.2) is 9.78 Å². The molecule has 0 fully saturated rings. The molecule has 2 aromatic rings. The number of rotatable bonds is 5. The summed E-state index contributed by atoms with van der Waals surface area (Å²) in [7, 11) is 0. The molecule has 0 bridgehead atoms. The Morgan fingerprint density at radius 2 is 2.47 bits per heavy atom. The quantitative estimate of drug-likeness (QED) is 0.874. The molecular formula is C11H12N2O2S2. The average Bonchev–Trinajstić information content (AvgIpc) is 2.94. The molecule has 0 radical (unpaired) electrons. The molecule has 6 heteroatoms. The summed E-state index contributed by atoms with van der Waals surface area (Å²) >= 11 is 3.43. The number of aromatic nitrogens is 2. The van der Waals surface area contributed by atoms with Crippen LogP contribution in [0, 0.1) is 0 Å². The van der Waals surface area contributed by atoms with Gasteiger partial charge in [0.05, 0.1) is 5.69 Å². The van der Waals surface area contributed by atoms with Gasteiger partial charge < -0.3 is 10.1 Å². The van der Waals surface area contributed by atoms with E-state index in [1.54, 1.807) is 23.6 Å². The minimum Gasteiger partial charge on any atom is -0.477 e. The first kappa shape index (κ1) is 12.2. The second kappa shape index (κ2) is 5.37. The summed E-state index contributed by atoms with van der Waals surface area (Å²) in [5.41, 5.74) is 1.86. The van der Waals surface area contributed by atoms with Gasteiger partial charge in [0.15, 0.2) is 0 Å². The number of nitrogens with one attached hydrogen (secondary N) is 1. The molecule has 0 saturated heterocycles. The van der Waals surface area contributed by atoms with E-state index in [2.05, 4.69) is 16.9 Å². The Morgan fingerprint density at radius 3 is 3.12 bits per heavy atom. The van der Waals surface area contributed by atoms with E-state index in [0.29, 0.717) is 0 Å². The third-order valence-electron chi connectivity index (χ3n) is 2.19. The Labute approximate surface area is 107 Å². The number of aromatic amines is 1. The van der Waals surface area contributed by atoms with Crippen LogP contribution in [0.2, 0.25) is 0 Å². The minimum absolute atomic E-state index is 0.192. The molecule has 2 rings (SSSR count). The maximum atomic E-state index is 10.7. The van der Waals surface area contributed by atoms with Gasteiger partial charge in [0.2, 0.25) is 0 Å². The minimum atomic E-state index is -0.951. The highest BCUT2D eigenvalue weighted by atomic mass is 32.2. The predicted molar refractivity (Wildman–Crippen MR) is 70.7 cm³/mol. The molecule has 0 aliphatic carbocycles. The zero-order valence-electron chi connectivity index (χ0n) is 9.27. The highest BCUT2D eigenvalue weighted by Gasteiger charge is 2.10. The van der Waals surface area contributed by atoms with E-state index in [0.717, 1.165) is 27.8 Å². The van der Waals surface area contributed by atoms with Crippen LogP contribution in [0.25, 0.3) is 11.3 Å². The van der Waals surface area contributed by atoms with Crippen molar-refractivity contribution >= 4 is 29.1 Å². The summed E-state index contributed by atoms with van der Waals surface area (Å²) in [4.78, 5) is 17.9. The third kappa shape index (κ3) is 2.89. The van der Waals surface area contributed by atoms with E-state index < -0.39 is 5.97 Å². The normalized spacial score (nSPS) is 10.6. The summed E-state index contributed by atoms with van der Waals surface area (Å²) in [6, 6.07) is 1.61. The number of carboxylic acids is 1. The van der Waals surface area contributed by atoms with Crippen LogP contribution >= 0.6 is 23.1 Å². The zero-order valence-corrected chi connectivity index (χ0v) is 10.9. The predicted octanol–water partition coefficient (Wildman–Crippen LogP) is 3.09. The molecule has 0 atom stereocenters. The van der Waals surface area contributed by atoms with Gasteiger partial charge in [-0.05, 0) is 11.8 Å². The molecular weight excluding hydrogens is 256 g/mol. The number of thioether (sulfide) groups is 1. The summed E-state index contributed by atoms with van der Waals surface area (Å²) < 4.78 is 0. The van der Waals surface area contributed by atoms with Crippen LogP contribution in [-0.4, -0.2) is 26.8 Å². The fourth-order valence-electron chi connectivity index (χ4n) is 1.36. The molecule has 0 unspecified atom stereocenters. The Kier molecular flexibility index (Phi) is 3.86. The summed E-state index contributed by atoms with van der Waals surface area (Å²) in [6.45, 7) is 2.12. The molecule has 0 amide bonds. The lowest BCUT2D eigenvalue weighted by Crippen LogP contribution is -1.94. The molecule has 0 aliphatic heterocycles. The van der Waals surface area contributed by atoms with Crippen molar-refractivity contribution in [1.29, 1.82) is 0 Å². The molecule has 0 aliphatic rings. The van der Waals surface area contributed by atoms with Crippen LogP contribution < -0.4 is 0 Å². The van der Waals surface area contributed by atoms with Gasteiger partial charge in [-0.1, -0.05) is 6.92 Å². The van der Waals surface area contributed by atoms with E-state index in [9.17, 15) is 4.79 Å². The number of hydrogen-bond donors (Lipinski definition) is 2. The standard InChI is InChI=1S/C11H12N2O2S2/c1-2-16-6-10-13-9(5-17-10)7-3-8(11(14)15)12-4-7/h3-5,12H,2,6H2,1H3,(H,14,15). The molecule has 90 valence electrons. The van der Waals surface area contributed by atoms with Crippen molar-refractivity contribution in [2.24, 2.45) is 0 Å². The van der Waals surface area contributed by atoms with E-state index in [4.69, 9.17) is 5.11 Å². The van der Waals surface area contributed by atoms with Gasteiger partial charge in [-0.15, -0.1) is 11.3 Å². The Hall–Kier alpha value is -1.27. The number of aromatic carboxylic acids is 1. The molecule has 2 aromatic heterocycles. The lowest BCUT2D eigenvalue weighted by atomic mass is 10.2. The van der Waals surface area contributed by atoms with Crippen LogP contribution in [0.15, 0.2) is 17.6 Å². The fraction of sp³-hybridized carbons (Fsp3) is 0.273. The summed E-state index contributed by atoms with van der Waals surface area (Å²) in [5.74, 6) is 1.04. The van der Waals surface area contributed by atoms with Crippen molar-refractivity contribution in [3.63, 3.8) is 0 Å². The molecule has 0 aromatic carbocycles. The van der Waals surface area contributed by atoms with Crippen molar-refractivity contribution < 1.29 is 9.90 Å². The third-order valence-corrected chi connectivity index (χ3v) is 4.11. The van der Waals surface area contributed by atoms with Crippen LogP contribution in [0.3, 0.4) is 0 Å². The number of carbonyl (C=O) groups is 1. The fourth-order valence-corrected chi connectivity index (χ4v) is 2.92. The summed E-state index contributed by atoms with van der Waals surface area (Å²) in [6.07, 6.45) is 1.68. The first-order valence-corrected chi connectivity index (χ1v) is 7.18. The lowest BCUT2D eigenvalue weighted by molar-refractivity contribution is 0.0691. The largest absolute Gasteiger partial charge is 0.477 e. The van der Waals surface area contributed by atoms with Gasteiger partial charge in [-0.2, -0.15) is 11.8 Å². The van der Waals surface area contributed by atoms with E-state index in [-0.39, 0.29) is 5.69 Å². The van der Waals surface area contributed by atoms with Crippen molar-refractivity contribution in [2.75, 3.05) is 5.75 Å². The number of hydrogen-bond acceptors (Lipinski definition) is 4. The van der Waals surface area contributed by atoms with Gasteiger partial charge in [0.25, 0.3) is 0 Å². The first-order chi connectivity index (χ1) is 8.20. The number of thiazole rings is 1. The molecule has 2 heterocycles. The average molecular weight is 268 g/mol. The highest BCUT2D eigenvalue weighted by molar-refractivity contribution is 7.98. The maximum Gasteiger partial charge on any atom is 0.352 e. The molecule has 17 heavy (non-hydrogen) atoms. The SMILES string of the molecule is CCSCc1nc(-c2c[nH]c(C(=O)O)c2)cs1. The Morgan fingerprint density at radius 1 is 1.65 bits per heavy atom. The van der Waals surface area contributed by atoms with Gasteiger partial charge >= 0.3 is 5.97 Å². The monoisotopic (exact) mass is 268 g/mol. The van der Waals surface area contributed by atoms with Crippen LogP contribution in [0.4, 0.5) is 0 Å². The second-order valence-electron chi connectivity index (χ2n) is 3.37. The van der Waals surface area contributed by atoms with Gasteiger partial charge in [0.1, 0.15) is 10.7 Å². The van der Waals surface area contributed by atoms with Crippen molar-refractivity contribution in [3.05, 3.63) is 28.3 Å². The molecule has 4 nitrogen and oxygen atoms in total. The Balaban J connectivity index is 2.15. The van der Waals surface area contributed by atoms with Crippen molar-refractivity contribution in [1.82, 2.24) is 9.97 Å². The lowest BCUT2D eigenvalue weighted by Gasteiger charge is -1.92. The number of nitrogens with zero attached hydrogens (tertiary/aromatic N) is 1. The number of H-pyrrole nitrogens is 1. The molecule has 0 spiro atoms. The highest BCUT2D eigenvalue weighted by Crippen LogP contribution is 2.24. The topological polar surface area (TPSA) is 66.0 Å². The van der Waals surface area contributed by atoms with Gasteiger partial charge in [-0.3, -0.25) is 0 Å². The van der Waals surface area contributed by atoms with Crippen LogP contribution in [-0.2, 0) is 5.75 Å². The van der Waals surface area contributed by atoms with E-state index in [1.807, 2.05) is 17.1 Å².